The fraction of sp³-hybridized carbons (Fsp3) is 0.818. The van der Waals surface area contributed by atoms with Gasteiger partial charge in [0.05, 0.1) is 6.54 Å². The summed E-state index contributed by atoms with van der Waals surface area (Å²) < 4.78 is 35.9. The maximum Gasteiger partial charge on any atom is 0.471 e. The minimum absolute atomic E-state index is 0.00374. The summed E-state index contributed by atoms with van der Waals surface area (Å²) in [5, 5.41) is 1.61. The highest BCUT2D eigenvalue weighted by atomic mass is 19.4. The molecule has 0 aromatic carbocycles. The zero-order valence-corrected chi connectivity index (χ0v) is 10.4. The van der Waals surface area contributed by atoms with E-state index in [4.69, 9.17) is 0 Å². The molecule has 0 aliphatic carbocycles. The van der Waals surface area contributed by atoms with E-state index in [0.29, 0.717) is 0 Å². The van der Waals surface area contributed by atoms with Crippen molar-refractivity contribution >= 4 is 11.8 Å². The molecule has 0 radical (unpaired) electrons. The first-order valence-electron chi connectivity index (χ1n) is 5.89. The van der Waals surface area contributed by atoms with Crippen molar-refractivity contribution in [2.24, 2.45) is 0 Å². The lowest BCUT2D eigenvalue weighted by atomic mass is 9.97. The van der Waals surface area contributed by atoms with Crippen LogP contribution in [-0.2, 0) is 9.59 Å². The summed E-state index contributed by atoms with van der Waals surface area (Å²) in [4.78, 5) is 24.0. The Morgan fingerprint density at radius 1 is 1.22 bits per heavy atom. The van der Waals surface area contributed by atoms with Crippen LogP contribution in [0.2, 0.25) is 0 Å². The number of hydrogen-bond acceptors (Lipinski definition) is 2. The van der Waals surface area contributed by atoms with Gasteiger partial charge in [-0.05, 0) is 33.1 Å². The van der Waals surface area contributed by atoms with Crippen molar-refractivity contribution in [3.8, 4) is 0 Å². The SMILES string of the molecule is CC1CCCC(C)N1C(=O)CNC(=O)C(F)(F)F. The predicted molar refractivity (Wildman–Crippen MR) is 58.7 cm³/mol. The summed E-state index contributed by atoms with van der Waals surface area (Å²) in [6, 6.07) is 0.00748. The molecule has 1 saturated heterocycles. The van der Waals surface area contributed by atoms with Crippen LogP contribution in [0, 0.1) is 0 Å². The fourth-order valence-corrected chi connectivity index (χ4v) is 2.26. The molecule has 0 aromatic heterocycles. The number of rotatable bonds is 2. The third kappa shape index (κ3) is 3.61. The third-order valence-electron chi connectivity index (χ3n) is 3.14. The predicted octanol–water partition coefficient (Wildman–Crippen LogP) is 1.45. The lowest BCUT2D eigenvalue weighted by molar-refractivity contribution is -0.174. The minimum Gasteiger partial charge on any atom is -0.339 e. The molecule has 2 unspecified atom stereocenters. The molecule has 1 heterocycles. The Hall–Kier alpha value is -1.27. The summed E-state index contributed by atoms with van der Waals surface area (Å²) in [7, 11) is 0. The Kier molecular flexibility index (Phi) is 4.59. The van der Waals surface area contributed by atoms with E-state index in [-0.39, 0.29) is 12.1 Å². The lowest BCUT2D eigenvalue weighted by Crippen LogP contribution is -2.52. The largest absolute Gasteiger partial charge is 0.471 e. The number of amides is 2. The molecule has 0 saturated carbocycles. The van der Waals surface area contributed by atoms with Gasteiger partial charge in [-0.15, -0.1) is 0 Å². The van der Waals surface area contributed by atoms with Gasteiger partial charge >= 0.3 is 12.1 Å². The van der Waals surface area contributed by atoms with Gasteiger partial charge in [-0.25, -0.2) is 0 Å². The van der Waals surface area contributed by atoms with Gasteiger partial charge in [0.1, 0.15) is 0 Å². The van der Waals surface area contributed by atoms with Crippen LogP contribution in [0.4, 0.5) is 13.2 Å². The second kappa shape index (κ2) is 5.58. The molecule has 0 aromatic rings. The molecule has 1 fully saturated rings. The number of hydrogen-bond donors (Lipinski definition) is 1. The topological polar surface area (TPSA) is 49.4 Å². The summed E-state index contributed by atoms with van der Waals surface area (Å²) in [6.07, 6.45) is -2.27. The Bertz CT molecular complexity index is 321. The average Bonchev–Trinajstić information content (AvgIpc) is 2.24. The van der Waals surface area contributed by atoms with Gasteiger partial charge in [0.2, 0.25) is 5.91 Å². The van der Waals surface area contributed by atoms with Crippen LogP contribution in [0.3, 0.4) is 0 Å². The molecule has 0 spiro atoms. The molecule has 7 heteroatoms. The van der Waals surface area contributed by atoms with E-state index in [9.17, 15) is 22.8 Å². The van der Waals surface area contributed by atoms with Crippen molar-refractivity contribution in [1.82, 2.24) is 10.2 Å². The first kappa shape index (κ1) is 14.8. The number of likely N-dealkylation sites (tertiary alicyclic amines) is 1. The van der Waals surface area contributed by atoms with Crippen molar-refractivity contribution in [2.75, 3.05) is 6.54 Å². The van der Waals surface area contributed by atoms with E-state index >= 15 is 0 Å². The Labute approximate surface area is 104 Å². The highest BCUT2D eigenvalue weighted by Crippen LogP contribution is 2.22. The van der Waals surface area contributed by atoms with Crippen LogP contribution in [0.15, 0.2) is 0 Å². The second-order valence-electron chi connectivity index (χ2n) is 4.61. The number of nitrogens with one attached hydrogen (secondary N) is 1. The Balaban J connectivity index is 2.52. The van der Waals surface area contributed by atoms with Crippen LogP contribution in [-0.4, -0.2) is 41.5 Å². The van der Waals surface area contributed by atoms with Crippen molar-refractivity contribution in [3.63, 3.8) is 0 Å². The maximum atomic E-state index is 12.0. The average molecular weight is 266 g/mol. The fourth-order valence-electron chi connectivity index (χ4n) is 2.26. The molecule has 2 amide bonds. The quantitative estimate of drug-likeness (QED) is 0.822. The molecule has 1 aliphatic heterocycles. The van der Waals surface area contributed by atoms with Gasteiger partial charge in [-0.2, -0.15) is 13.2 Å². The summed E-state index contributed by atoms with van der Waals surface area (Å²) in [6.45, 7) is 3.12. The number of carbonyl (C=O) groups is 2. The number of halogens is 3. The van der Waals surface area contributed by atoms with Crippen molar-refractivity contribution in [1.29, 1.82) is 0 Å². The molecule has 0 bridgehead atoms. The maximum absolute atomic E-state index is 12.0. The van der Waals surface area contributed by atoms with Crippen LogP contribution in [0.25, 0.3) is 0 Å². The Morgan fingerprint density at radius 3 is 2.17 bits per heavy atom. The highest BCUT2D eigenvalue weighted by Gasteiger charge is 2.39. The number of piperidine rings is 1. The number of nitrogens with zero attached hydrogens (tertiary/aromatic N) is 1. The third-order valence-corrected chi connectivity index (χ3v) is 3.14. The molecule has 2 atom stereocenters. The van der Waals surface area contributed by atoms with Gasteiger partial charge in [0, 0.05) is 12.1 Å². The van der Waals surface area contributed by atoms with E-state index in [0.717, 1.165) is 19.3 Å². The molecule has 18 heavy (non-hydrogen) atoms. The molecule has 1 aliphatic rings. The second-order valence-corrected chi connectivity index (χ2v) is 4.61. The molecule has 1 N–H and O–H groups in total. The normalized spacial score (nSPS) is 24.8. The monoisotopic (exact) mass is 266 g/mol. The van der Waals surface area contributed by atoms with Crippen LogP contribution in [0.1, 0.15) is 33.1 Å². The zero-order valence-electron chi connectivity index (χ0n) is 10.4. The minimum atomic E-state index is -4.95. The van der Waals surface area contributed by atoms with Crippen molar-refractivity contribution in [2.45, 2.75) is 51.4 Å². The van der Waals surface area contributed by atoms with Crippen molar-refractivity contribution in [3.05, 3.63) is 0 Å². The summed E-state index contributed by atoms with van der Waals surface area (Å²) in [5.41, 5.74) is 0. The van der Waals surface area contributed by atoms with Crippen LogP contribution >= 0.6 is 0 Å². The van der Waals surface area contributed by atoms with Gasteiger partial charge < -0.3 is 10.2 Å². The van der Waals surface area contributed by atoms with E-state index in [1.807, 2.05) is 13.8 Å². The molecule has 4 nitrogen and oxygen atoms in total. The zero-order chi connectivity index (χ0) is 13.9. The van der Waals surface area contributed by atoms with E-state index < -0.39 is 24.5 Å². The van der Waals surface area contributed by atoms with Crippen LogP contribution < -0.4 is 5.32 Å². The number of carbonyl (C=O) groups excluding carboxylic acids is 2. The summed E-state index contributed by atoms with van der Waals surface area (Å²) in [5.74, 6) is -2.54. The molecular weight excluding hydrogens is 249 g/mol. The first-order chi connectivity index (χ1) is 8.23. The van der Waals surface area contributed by atoms with Gasteiger partial charge in [-0.3, -0.25) is 9.59 Å². The smallest absolute Gasteiger partial charge is 0.339 e. The van der Waals surface area contributed by atoms with Gasteiger partial charge in [0.15, 0.2) is 0 Å². The molecule has 104 valence electrons. The number of alkyl halides is 3. The molecular formula is C11H17F3N2O2. The van der Waals surface area contributed by atoms with Crippen molar-refractivity contribution < 1.29 is 22.8 Å². The van der Waals surface area contributed by atoms with Gasteiger partial charge in [0.25, 0.3) is 0 Å². The van der Waals surface area contributed by atoms with E-state index in [1.165, 1.54) is 0 Å². The summed E-state index contributed by atoms with van der Waals surface area (Å²) >= 11 is 0. The molecule has 1 rings (SSSR count). The lowest BCUT2D eigenvalue weighted by Gasteiger charge is -2.39. The Morgan fingerprint density at radius 2 is 1.72 bits per heavy atom. The standard InChI is InChI=1S/C11H17F3N2O2/c1-7-4-3-5-8(2)16(7)9(17)6-15-10(18)11(12,13)14/h7-8H,3-6H2,1-2H3,(H,15,18). The van der Waals surface area contributed by atoms with E-state index in [2.05, 4.69) is 0 Å². The van der Waals surface area contributed by atoms with E-state index in [1.54, 1.807) is 10.2 Å². The highest BCUT2D eigenvalue weighted by molar-refractivity contribution is 5.87. The van der Waals surface area contributed by atoms with Gasteiger partial charge in [-0.1, -0.05) is 0 Å². The first-order valence-corrected chi connectivity index (χ1v) is 5.89. The van der Waals surface area contributed by atoms with Crippen LogP contribution in [0.5, 0.6) is 0 Å².